The van der Waals surface area contributed by atoms with Gasteiger partial charge in [-0.2, -0.15) is 0 Å². The van der Waals surface area contributed by atoms with Crippen LogP contribution in [0.25, 0.3) is 0 Å². The molecule has 6 nitrogen and oxygen atoms in total. The minimum Gasteiger partial charge on any atom is -0.478 e. The molecule has 0 unspecified atom stereocenters. The third-order valence-corrected chi connectivity index (χ3v) is 2.30. The summed E-state index contributed by atoms with van der Waals surface area (Å²) in [5, 5.41) is 17.7. The number of carbonyl (C=O) groups is 2. The summed E-state index contributed by atoms with van der Waals surface area (Å²) in [6.07, 6.45) is -0.612. The van der Waals surface area contributed by atoms with Crippen molar-refractivity contribution in [3.8, 4) is 0 Å². The molecule has 0 aromatic carbocycles. The fourth-order valence-corrected chi connectivity index (χ4v) is 1.48. The lowest BCUT2D eigenvalue weighted by Crippen LogP contribution is -2.38. The summed E-state index contributed by atoms with van der Waals surface area (Å²) in [6, 6.07) is 1.14. The molecule has 0 saturated carbocycles. The number of aliphatic hydroxyl groups is 1. The number of alkyl halides is 2. The Bertz CT molecular complexity index is 468. The van der Waals surface area contributed by atoms with Crippen molar-refractivity contribution in [2.24, 2.45) is 0 Å². The number of carboxylic acids is 1. The Labute approximate surface area is 107 Å². The minimum absolute atomic E-state index is 0.239. The highest BCUT2D eigenvalue weighted by Gasteiger charge is 2.23. The number of pyridine rings is 1. The van der Waals surface area contributed by atoms with E-state index in [9.17, 15) is 18.4 Å². The summed E-state index contributed by atoms with van der Waals surface area (Å²) in [5.41, 5.74) is -0.610. The number of aliphatic hydroxyl groups excluding tert-OH is 1. The monoisotopic (exact) mass is 274 g/mol. The molecule has 0 fully saturated rings. The van der Waals surface area contributed by atoms with Crippen molar-refractivity contribution < 1.29 is 28.6 Å². The second-order valence-corrected chi connectivity index (χ2v) is 3.59. The van der Waals surface area contributed by atoms with Crippen LogP contribution in [0.1, 0.15) is 20.7 Å². The first-order valence-electron chi connectivity index (χ1n) is 5.33. The van der Waals surface area contributed by atoms with Crippen molar-refractivity contribution in [2.45, 2.75) is 6.43 Å². The first-order chi connectivity index (χ1) is 8.97. The maximum Gasteiger partial charge on any atom is 0.338 e. The van der Waals surface area contributed by atoms with Gasteiger partial charge in [0.25, 0.3) is 12.3 Å². The number of halogens is 2. The highest BCUT2D eigenvalue weighted by atomic mass is 19.3. The van der Waals surface area contributed by atoms with E-state index in [0.29, 0.717) is 4.90 Å². The maximum atomic E-state index is 12.3. The van der Waals surface area contributed by atoms with Gasteiger partial charge in [-0.25, -0.2) is 13.6 Å². The van der Waals surface area contributed by atoms with Crippen molar-refractivity contribution in [1.82, 2.24) is 9.88 Å². The van der Waals surface area contributed by atoms with Crippen LogP contribution in [-0.4, -0.2) is 58.1 Å². The van der Waals surface area contributed by atoms with Gasteiger partial charge in [-0.3, -0.25) is 9.78 Å². The van der Waals surface area contributed by atoms with Crippen LogP contribution in [-0.2, 0) is 0 Å². The van der Waals surface area contributed by atoms with E-state index in [1.54, 1.807) is 0 Å². The van der Waals surface area contributed by atoms with Crippen molar-refractivity contribution in [3.05, 3.63) is 29.6 Å². The van der Waals surface area contributed by atoms with Gasteiger partial charge < -0.3 is 15.1 Å². The zero-order chi connectivity index (χ0) is 14.4. The molecule has 1 rings (SSSR count). The molecule has 2 N–H and O–H groups in total. The Kier molecular flexibility index (Phi) is 5.31. The summed E-state index contributed by atoms with van der Waals surface area (Å²) in [5.74, 6) is -2.26. The number of hydrogen-bond donors (Lipinski definition) is 2. The summed E-state index contributed by atoms with van der Waals surface area (Å²) in [7, 11) is 0. The number of carbonyl (C=O) groups excluding carboxylic acids is 1. The molecule has 0 radical (unpaired) electrons. The van der Waals surface area contributed by atoms with Crippen LogP contribution in [0, 0.1) is 0 Å². The minimum atomic E-state index is -2.77. The number of hydrogen-bond acceptors (Lipinski definition) is 4. The van der Waals surface area contributed by atoms with E-state index in [-0.39, 0.29) is 17.7 Å². The molecule has 104 valence electrons. The molecule has 0 aliphatic heterocycles. The molecule has 19 heavy (non-hydrogen) atoms. The lowest BCUT2D eigenvalue weighted by atomic mass is 10.1. The first kappa shape index (κ1) is 15.0. The average molecular weight is 274 g/mol. The highest BCUT2D eigenvalue weighted by Crippen LogP contribution is 2.12. The molecule has 0 saturated heterocycles. The third kappa shape index (κ3) is 3.95. The summed E-state index contributed by atoms with van der Waals surface area (Å²) >= 11 is 0. The molecule has 1 amide bonds. The van der Waals surface area contributed by atoms with Gasteiger partial charge in [0.2, 0.25) is 0 Å². The van der Waals surface area contributed by atoms with E-state index in [0.717, 1.165) is 12.3 Å². The largest absolute Gasteiger partial charge is 0.478 e. The molecule has 0 atom stereocenters. The summed E-state index contributed by atoms with van der Waals surface area (Å²) < 4.78 is 24.7. The van der Waals surface area contributed by atoms with Gasteiger partial charge in [-0.15, -0.1) is 0 Å². The topological polar surface area (TPSA) is 90.7 Å². The van der Waals surface area contributed by atoms with Gasteiger partial charge in [0, 0.05) is 18.9 Å². The lowest BCUT2D eigenvalue weighted by molar-refractivity contribution is 0.0503. The van der Waals surface area contributed by atoms with Crippen LogP contribution >= 0.6 is 0 Å². The summed E-state index contributed by atoms with van der Waals surface area (Å²) in [4.78, 5) is 27.2. The van der Waals surface area contributed by atoms with Gasteiger partial charge in [0.1, 0.15) is 0 Å². The van der Waals surface area contributed by atoms with Crippen LogP contribution in [0.15, 0.2) is 18.5 Å². The fraction of sp³-hybridized carbons (Fsp3) is 0.364. The highest BCUT2D eigenvalue weighted by molar-refractivity contribution is 6.04. The van der Waals surface area contributed by atoms with Crippen LogP contribution < -0.4 is 0 Å². The Morgan fingerprint density at radius 3 is 2.58 bits per heavy atom. The van der Waals surface area contributed by atoms with Gasteiger partial charge in [0.05, 0.1) is 24.3 Å². The second-order valence-electron chi connectivity index (χ2n) is 3.59. The van der Waals surface area contributed by atoms with E-state index in [2.05, 4.69) is 4.98 Å². The number of amides is 1. The predicted molar refractivity (Wildman–Crippen MR) is 60.2 cm³/mol. The van der Waals surface area contributed by atoms with Gasteiger partial charge >= 0.3 is 5.97 Å². The standard InChI is InChI=1S/C11H12F2N2O4/c12-9(13)6-15(3-4-16)10(17)7-1-2-14-5-8(7)11(18)19/h1-2,5,9,16H,3-4,6H2,(H,18,19). The molecule has 1 heterocycles. The molecule has 0 aliphatic rings. The molecular formula is C11H12F2N2O4. The van der Waals surface area contributed by atoms with Gasteiger partial charge in [-0.1, -0.05) is 0 Å². The quantitative estimate of drug-likeness (QED) is 0.787. The number of carboxylic acid groups (broad SMARTS) is 1. The Morgan fingerprint density at radius 2 is 2.05 bits per heavy atom. The molecular weight excluding hydrogens is 262 g/mol. The first-order valence-corrected chi connectivity index (χ1v) is 5.33. The maximum absolute atomic E-state index is 12.3. The Balaban J connectivity index is 3.05. The van der Waals surface area contributed by atoms with Crippen LogP contribution in [0.2, 0.25) is 0 Å². The van der Waals surface area contributed by atoms with Crippen molar-refractivity contribution in [1.29, 1.82) is 0 Å². The van der Waals surface area contributed by atoms with Crippen LogP contribution in [0.5, 0.6) is 0 Å². The van der Waals surface area contributed by atoms with Gasteiger partial charge in [-0.05, 0) is 6.07 Å². The van der Waals surface area contributed by atoms with E-state index < -0.39 is 31.5 Å². The molecule has 0 bridgehead atoms. The second kappa shape index (κ2) is 6.74. The molecule has 1 aromatic heterocycles. The number of aromatic nitrogens is 1. The zero-order valence-electron chi connectivity index (χ0n) is 9.79. The van der Waals surface area contributed by atoms with E-state index in [1.165, 1.54) is 6.20 Å². The molecule has 1 aromatic rings. The van der Waals surface area contributed by atoms with Crippen molar-refractivity contribution >= 4 is 11.9 Å². The number of aromatic carboxylic acids is 1. The SMILES string of the molecule is O=C(O)c1cnccc1C(=O)N(CCO)CC(F)F. The van der Waals surface area contributed by atoms with E-state index in [4.69, 9.17) is 10.2 Å². The number of rotatable bonds is 6. The normalized spacial score (nSPS) is 10.5. The molecule has 0 aliphatic carbocycles. The molecule has 0 spiro atoms. The Morgan fingerprint density at radius 1 is 1.37 bits per heavy atom. The van der Waals surface area contributed by atoms with Gasteiger partial charge in [0.15, 0.2) is 0 Å². The van der Waals surface area contributed by atoms with Crippen molar-refractivity contribution in [3.63, 3.8) is 0 Å². The van der Waals surface area contributed by atoms with Crippen LogP contribution in [0.3, 0.4) is 0 Å². The lowest BCUT2D eigenvalue weighted by Gasteiger charge is -2.21. The zero-order valence-corrected chi connectivity index (χ0v) is 9.79. The fourth-order valence-electron chi connectivity index (χ4n) is 1.48. The van der Waals surface area contributed by atoms with Crippen LogP contribution in [0.4, 0.5) is 8.78 Å². The Hall–Kier alpha value is -2.09. The predicted octanol–water partition coefficient (Wildman–Crippen LogP) is 0.479. The van der Waals surface area contributed by atoms with E-state index >= 15 is 0 Å². The number of nitrogens with zero attached hydrogens (tertiary/aromatic N) is 2. The smallest absolute Gasteiger partial charge is 0.338 e. The molecule has 8 heteroatoms. The third-order valence-electron chi connectivity index (χ3n) is 2.30. The average Bonchev–Trinajstić information content (AvgIpc) is 2.37. The summed E-state index contributed by atoms with van der Waals surface area (Å²) in [6.45, 7) is -1.67. The van der Waals surface area contributed by atoms with Crippen molar-refractivity contribution in [2.75, 3.05) is 19.7 Å². The van der Waals surface area contributed by atoms with E-state index in [1.807, 2.05) is 0 Å².